The van der Waals surface area contributed by atoms with Crippen LogP contribution in [0.25, 0.3) is 5.69 Å². The average molecular weight is 343 g/mol. The van der Waals surface area contributed by atoms with Crippen molar-refractivity contribution in [3.05, 3.63) is 48.3 Å². The number of rotatable bonds is 6. The van der Waals surface area contributed by atoms with Gasteiger partial charge in [-0.2, -0.15) is 5.10 Å². The van der Waals surface area contributed by atoms with Gasteiger partial charge in [0.15, 0.2) is 0 Å². The predicted molar refractivity (Wildman–Crippen MR) is 95.7 cm³/mol. The summed E-state index contributed by atoms with van der Waals surface area (Å²) >= 11 is 0. The van der Waals surface area contributed by atoms with E-state index in [0.29, 0.717) is 13.1 Å². The standard InChI is InChI=1S/C18H25N5O2/c1-21(18(24)19-7-8-22-9-11-25-12-10-22)14-16-13-20-23(15-16)17-5-3-2-4-6-17/h2-6,13,15H,7-12,14H2,1H3,(H,19,24). The van der Waals surface area contributed by atoms with E-state index in [1.54, 1.807) is 18.1 Å². The maximum Gasteiger partial charge on any atom is 0.317 e. The summed E-state index contributed by atoms with van der Waals surface area (Å²) in [5.41, 5.74) is 2.00. The van der Waals surface area contributed by atoms with E-state index in [0.717, 1.165) is 44.1 Å². The molecule has 0 aliphatic carbocycles. The molecule has 1 N–H and O–H groups in total. The normalized spacial score (nSPS) is 15.1. The lowest BCUT2D eigenvalue weighted by molar-refractivity contribution is 0.0386. The summed E-state index contributed by atoms with van der Waals surface area (Å²) in [5, 5.41) is 7.33. The van der Waals surface area contributed by atoms with E-state index in [1.165, 1.54) is 0 Å². The van der Waals surface area contributed by atoms with Gasteiger partial charge in [-0.25, -0.2) is 9.48 Å². The number of amides is 2. The zero-order chi connectivity index (χ0) is 17.5. The molecule has 0 unspecified atom stereocenters. The van der Waals surface area contributed by atoms with Crippen molar-refractivity contribution in [2.45, 2.75) is 6.54 Å². The Morgan fingerprint density at radius 2 is 2.04 bits per heavy atom. The first-order valence-corrected chi connectivity index (χ1v) is 8.60. The second-order valence-corrected chi connectivity index (χ2v) is 6.17. The molecule has 0 saturated carbocycles. The number of nitrogens with one attached hydrogen (secondary N) is 1. The summed E-state index contributed by atoms with van der Waals surface area (Å²) in [5.74, 6) is 0. The number of para-hydroxylation sites is 1. The summed E-state index contributed by atoms with van der Waals surface area (Å²) < 4.78 is 7.14. The fourth-order valence-electron chi connectivity index (χ4n) is 2.79. The molecule has 2 heterocycles. The van der Waals surface area contributed by atoms with Crippen LogP contribution in [0, 0.1) is 0 Å². The van der Waals surface area contributed by atoms with Gasteiger partial charge in [-0.05, 0) is 12.1 Å². The van der Waals surface area contributed by atoms with Gasteiger partial charge < -0.3 is 15.0 Å². The van der Waals surface area contributed by atoms with Gasteiger partial charge in [-0.1, -0.05) is 18.2 Å². The second-order valence-electron chi connectivity index (χ2n) is 6.17. The van der Waals surface area contributed by atoms with E-state index >= 15 is 0 Å². The van der Waals surface area contributed by atoms with E-state index in [1.807, 2.05) is 41.2 Å². The minimum absolute atomic E-state index is 0.0688. The molecule has 25 heavy (non-hydrogen) atoms. The monoisotopic (exact) mass is 343 g/mol. The second kappa shape index (κ2) is 8.64. The van der Waals surface area contributed by atoms with E-state index in [-0.39, 0.29) is 6.03 Å². The third-order valence-corrected chi connectivity index (χ3v) is 4.23. The van der Waals surface area contributed by atoms with Crippen molar-refractivity contribution in [1.82, 2.24) is 24.9 Å². The third kappa shape index (κ3) is 5.04. The molecule has 7 nitrogen and oxygen atoms in total. The summed E-state index contributed by atoms with van der Waals surface area (Å²) in [4.78, 5) is 16.2. The van der Waals surface area contributed by atoms with Gasteiger partial charge in [0.05, 0.1) is 31.6 Å². The smallest absolute Gasteiger partial charge is 0.317 e. The molecule has 2 amide bonds. The first-order valence-electron chi connectivity index (χ1n) is 8.60. The molecule has 0 radical (unpaired) electrons. The molecule has 7 heteroatoms. The van der Waals surface area contributed by atoms with E-state index < -0.39 is 0 Å². The molecule has 0 bridgehead atoms. The van der Waals surface area contributed by atoms with Crippen LogP contribution < -0.4 is 5.32 Å². The van der Waals surface area contributed by atoms with Crippen molar-refractivity contribution in [2.24, 2.45) is 0 Å². The molecule has 2 aromatic rings. The summed E-state index contributed by atoms with van der Waals surface area (Å²) in [6.07, 6.45) is 3.75. The highest BCUT2D eigenvalue weighted by molar-refractivity contribution is 5.73. The molecule has 0 spiro atoms. The molecule has 1 aliphatic heterocycles. The van der Waals surface area contributed by atoms with Gasteiger partial charge in [-0.3, -0.25) is 4.90 Å². The topological polar surface area (TPSA) is 62.6 Å². The SMILES string of the molecule is CN(Cc1cnn(-c2ccccc2)c1)C(=O)NCCN1CCOCC1. The van der Waals surface area contributed by atoms with Gasteiger partial charge in [-0.15, -0.1) is 0 Å². The minimum Gasteiger partial charge on any atom is -0.379 e. The van der Waals surface area contributed by atoms with Crippen molar-refractivity contribution < 1.29 is 9.53 Å². The van der Waals surface area contributed by atoms with E-state index in [2.05, 4.69) is 15.3 Å². The molecule has 0 atom stereocenters. The molecule has 134 valence electrons. The van der Waals surface area contributed by atoms with Gasteiger partial charge >= 0.3 is 6.03 Å². The number of benzene rings is 1. The minimum atomic E-state index is -0.0688. The Hall–Kier alpha value is -2.38. The van der Waals surface area contributed by atoms with Crippen molar-refractivity contribution in [1.29, 1.82) is 0 Å². The fourth-order valence-corrected chi connectivity index (χ4v) is 2.79. The predicted octanol–water partition coefficient (Wildman–Crippen LogP) is 1.35. The summed E-state index contributed by atoms with van der Waals surface area (Å²) in [7, 11) is 1.80. The number of aromatic nitrogens is 2. The zero-order valence-electron chi connectivity index (χ0n) is 14.6. The molecule has 1 aromatic carbocycles. The Morgan fingerprint density at radius 1 is 1.28 bits per heavy atom. The molecular weight excluding hydrogens is 318 g/mol. The van der Waals surface area contributed by atoms with Crippen molar-refractivity contribution in [2.75, 3.05) is 46.4 Å². The van der Waals surface area contributed by atoms with Crippen molar-refractivity contribution >= 4 is 6.03 Å². The number of morpholine rings is 1. The lowest BCUT2D eigenvalue weighted by Crippen LogP contribution is -2.44. The van der Waals surface area contributed by atoms with Crippen LogP contribution in [0.1, 0.15) is 5.56 Å². The average Bonchev–Trinajstić information content (AvgIpc) is 3.12. The Morgan fingerprint density at radius 3 is 2.80 bits per heavy atom. The van der Waals surface area contributed by atoms with Crippen LogP contribution in [0.4, 0.5) is 4.79 Å². The molecule has 1 aromatic heterocycles. The fraction of sp³-hybridized carbons (Fsp3) is 0.444. The lowest BCUT2D eigenvalue weighted by atomic mass is 10.3. The Balaban J connectivity index is 1.44. The van der Waals surface area contributed by atoms with Crippen LogP contribution in [-0.2, 0) is 11.3 Å². The van der Waals surface area contributed by atoms with Gasteiger partial charge in [0.1, 0.15) is 0 Å². The zero-order valence-corrected chi connectivity index (χ0v) is 14.6. The maximum atomic E-state index is 12.2. The third-order valence-electron chi connectivity index (χ3n) is 4.23. The number of nitrogens with zero attached hydrogens (tertiary/aromatic N) is 4. The highest BCUT2D eigenvalue weighted by atomic mass is 16.5. The van der Waals surface area contributed by atoms with Crippen molar-refractivity contribution in [3.63, 3.8) is 0 Å². The highest BCUT2D eigenvalue weighted by Gasteiger charge is 2.13. The van der Waals surface area contributed by atoms with E-state index in [4.69, 9.17) is 4.74 Å². The lowest BCUT2D eigenvalue weighted by Gasteiger charge is -2.27. The maximum absolute atomic E-state index is 12.2. The van der Waals surface area contributed by atoms with Gasteiger partial charge in [0, 0.05) is 45.0 Å². The number of hydrogen-bond acceptors (Lipinski definition) is 4. The molecule has 1 aliphatic rings. The molecule has 1 saturated heterocycles. The Kier molecular flexibility index (Phi) is 6.03. The first-order chi connectivity index (χ1) is 12.2. The number of hydrogen-bond donors (Lipinski definition) is 1. The van der Waals surface area contributed by atoms with E-state index in [9.17, 15) is 4.79 Å². The summed E-state index contributed by atoms with van der Waals surface area (Å²) in [6, 6.07) is 9.86. The van der Waals surface area contributed by atoms with Crippen molar-refractivity contribution in [3.8, 4) is 5.69 Å². The van der Waals surface area contributed by atoms with Gasteiger partial charge in [0.25, 0.3) is 0 Å². The van der Waals surface area contributed by atoms with Crippen LogP contribution >= 0.6 is 0 Å². The quantitative estimate of drug-likeness (QED) is 0.860. The Bertz CT molecular complexity index is 667. The van der Waals surface area contributed by atoms with Crippen LogP contribution in [0.2, 0.25) is 0 Å². The van der Waals surface area contributed by atoms with Crippen LogP contribution in [0.5, 0.6) is 0 Å². The number of carbonyl (C=O) groups is 1. The molecule has 3 rings (SSSR count). The van der Waals surface area contributed by atoms with Crippen LogP contribution in [0.15, 0.2) is 42.7 Å². The summed E-state index contributed by atoms with van der Waals surface area (Å²) in [6.45, 7) is 5.45. The van der Waals surface area contributed by atoms with Gasteiger partial charge in [0.2, 0.25) is 0 Å². The van der Waals surface area contributed by atoms with Crippen LogP contribution in [0.3, 0.4) is 0 Å². The largest absolute Gasteiger partial charge is 0.379 e. The number of ether oxygens (including phenoxy) is 1. The molecule has 1 fully saturated rings. The Labute approximate surface area is 148 Å². The first kappa shape index (κ1) is 17.4. The highest BCUT2D eigenvalue weighted by Crippen LogP contribution is 2.09. The number of urea groups is 1. The number of carbonyl (C=O) groups excluding carboxylic acids is 1. The molecular formula is C18H25N5O2. The van der Waals surface area contributed by atoms with Crippen LogP contribution in [-0.4, -0.2) is 72.1 Å².